The molecular weight excluding hydrogens is 452 g/mol. The lowest BCUT2D eigenvalue weighted by molar-refractivity contribution is -0.117. The number of nitrogens with zero attached hydrogens (tertiary/aromatic N) is 4. The molecule has 34 heavy (non-hydrogen) atoms. The third-order valence-corrected chi connectivity index (χ3v) is 6.05. The molecule has 0 saturated heterocycles. The van der Waals surface area contributed by atoms with E-state index < -0.39 is 0 Å². The minimum Gasteiger partial charge on any atom is -0.384 e. The first kappa shape index (κ1) is 21.8. The van der Waals surface area contributed by atoms with Crippen LogP contribution in [0.2, 0.25) is 5.02 Å². The van der Waals surface area contributed by atoms with Crippen LogP contribution in [0.4, 0.5) is 5.82 Å². The average Bonchev–Trinajstić information content (AvgIpc) is 3.15. The van der Waals surface area contributed by atoms with Gasteiger partial charge >= 0.3 is 0 Å². The fourth-order valence-electron chi connectivity index (χ4n) is 4.14. The molecule has 0 bridgehead atoms. The van der Waals surface area contributed by atoms with Crippen molar-refractivity contribution in [3.8, 4) is 0 Å². The minimum atomic E-state index is -0.378. The summed E-state index contributed by atoms with van der Waals surface area (Å²) in [7, 11) is 0. The Labute approximate surface area is 200 Å². The van der Waals surface area contributed by atoms with Gasteiger partial charge in [-0.1, -0.05) is 29.8 Å². The van der Waals surface area contributed by atoms with Gasteiger partial charge < -0.3 is 16.0 Å². The third-order valence-electron chi connectivity index (χ3n) is 5.84. The Kier molecular flexibility index (Phi) is 5.59. The molecule has 4 heterocycles. The van der Waals surface area contributed by atoms with Gasteiger partial charge in [-0.25, -0.2) is 9.98 Å². The van der Waals surface area contributed by atoms with Gasteiger partial charge in [0.25, 0.3) is 11.8 Å². The van der Waals surface area contributed by atoms with E-state index in [-0.39, 0.29) is 24.4 Å². The highest BCUT2D eigenvalue weighted by Crippen LogP contribution is 2.27. The molecular formula is C25H21ClN6O2. The Bertz CT molecular complexity index is 1430. The molecule has 8 nitrogen and oxygen atoms in total. The Balaban J connectivity index is 1.39. The third kappa shape index (κ3) is 4.27. The lowest BCUT2D eigenvalue weighted by Gasteiger charge is -2.24. The number of dihydropyridines is 1. The van der Waals surface area contributed by atoms with Gasteiger partial charge in [-0.15, -0.1) is 0 Å². The number of amides is 2. The van der Waals surface area contributed by atoms with Crippen LogP contribution in [0.3, 0.4) is 0 Å². The van der Waals surface area contributed by atoms with Crippen LogP contribution in [0.15, 0.2) is 71.5 Å². The molecule has 2 aliphatic rings. The lowest BCUT2D eigenvalue weighted by Crippen LogP contribution is -2.35. The number of pyridine rings is 2. The van der Waals surface area contributed by atoms with Crippen LogP contribution in [0, 0.1) is 6.92 Å². The first-order valence-corrected chi connectivity index (χ1v) is 11.1. The molecule has 1 aromatic carbocycles. The molecule has 170 valence electrons. The van der Waals surface area contributed by atoms with Crippen LogP contribution in [-0.2, 0) is 22.7 Å². The molecule has 5 rings (SSSR count). The fraction of sp³-hybridized carbons (Fsp3) is 0.160. The smallest absolute Gasteiger partial charge is 0.269 e. The summed E-state index contributed by atoms with van der Waals surface area (Å²) in [4.78, 5) is 39.8. The quantitative estimate of drug-likeness (QED) is 0.590. The summed E-state index contributed by atoms with van der Waals surface area (Å²) < 4.78 is 0. The van der Waals surface area contributed by atoms with Gasteiger partial charge in [-0.05, 0) is 42.3 Å². The highest BCUT2D eigenvalue weighted by Gasteiger charge is 2.35. The van der Waals surface area contributed by atoms with Crippen molar-refractivity contribution in [2.24, 2.45) is 4.99 Å². The van der Waals surface area contributed by atoms with Crippen LogP contribution in [0.1, 0.15) is 16.8 Å². The van der Waals surface area contributed by atoms with E-state index in [0.717, 1.165) is 27.7 Å². The lowest BCUT2D eigenvalue weighted by atomic mass is 10.0. The normalized spacial score (nSPS) is 16.9. The van der Waals surface area contributed by atoms with Gasteiger partial charge in [0, 0.05) is 42.6 Å². The summed E-state index contributed by atoms with van der Waals surface area (Å²) in [5.41, 5.74) is 10.0. The number of rotatable bonds is 5. The van der Waals surface area contributed by atoms with Crippen molar-refractivity contribution in [3.63, 3.8) is 0 Å². The highest BCUT2D eigenvalue weighted by molar-refractivity contribution is 6.31. The number of nitrogens with one attached hydrogen (secondary N) is 1. The Hall–Kier alpha value is -4.04. The largest absolute Gasteiger partial charge is 0.384 e. The Morgan fingerprint density at radius 3 is 2.91 bits per heavy atom. The van der Waals surface area contributed by atoms with Crippen LogP contribution < -0.4 is 11.1 Å². The summed E-state index contributed by atoms with van der Waals surface area (Å²) in [5.74, 6) is -0.255. The number of hydrogen-bond acceptors (Lipinski definition) is 6. The van der Waals surface area contributed by atoms with E-state index in [1.54, 1.807) is 24.5 Å². The number of anilines is 1. The molecule has 2 aliphatic heterocycles. The van der Waals surface area contributed by atoms with Gasteiger partial charge in [-0.2, -0.15) is 0 Å². The van der Waals surface area contributed by atoms with E-state index in [1.807, 2.05) is 42.2 Å². The van der Waals surface area contributed by atoms with Crippen LogP contribution in [-0.4, -0.2) is 38.4 Å². The first-order chi connectivity index (χ1) is 16.4. The van der Waals surface area contributed by atoms with Crippen molar-refractivity contribution in [2.45, 2.75) is 26.1 Å². The number of aliphatic imine (C=N–C) groups is 1. The van der Waals surface area contributed by atoms with E-state index in [1.165, 1.54) is 6.08 Å². The topological polar surface area (TPSA) is 114 Å². The molecule has 0 fully saturated rings. The molecule has 2 amide bonds. The zero-order valence-electron chi connectivity index (χ0n) is 18.3. The van der Waals surface area contributed by atoms with E-state index in [0.29, 0.717) is 28.7 Å². The molecule has 0 radical (unpaired) electrons. The van der Waals surface area contributed by atoms with Gasteiger partial charge in [-0.3, -0.25) is 14.6 Å². The molecule has 0 aliphatic carbocycles. The molecule has 0 saturated carbocycles. The molecule has 3 aromatic rings. The zero-order valence-corrected chi connectivity index (χ0v) is 19.1. The van der Waals surface area contributed by atoms with Crippen molar-refractivity contribution >= 4 is 45.8 Å². The van der Waals surface area contributed by atoms with Crippen LogP contribution in [0.5, 0.6) is 0 Å². The Morgan fingerprint density at radius 1 is 1.24 bits per heavy atom. The summed E-state index contributed by atoms with van der Waals surface area (Å²) in [6, 6.07) is 11.0. The van der Waals surface area contributed by atoms with Gasteiger partial charge in [0.2, 0.25) is 0 Å². The second kappa shape index (κ2) is 8.72. The second-order valence-electron chi connectivity index (χ2n) is 8.20. The van der Waals surface area contributed by atoms with E-state index in [2.05, 4.69) is 20.3 Å². The van der Waals surface area contributed by atoms with E-state index in [4.69, 9.17) is 17.3 Å². The number of nitrogens with two attached hydrogens (primary N) is 1. The number of carbonyl (C=O) groups excluding carboxylic acids is 2. The molecule has 9 heteroatoms. The molecule has 3 N–H and O–H groups in total. The predicted octanol–water partition coefficient (Wildman–Crippen LogP) is 3.10. The average molecular weight is 473 g/mol. The number of nitrogen functional groups attached to an aromatic ring is 1. The van der Waals surface area contributed by atoms with Crippen LogP contribution in [0.25, 0.3) is 10.9 Å². The van der Waals surface area contributed by atoms with Gasteiger partial charge in [0.05, 0.1) is 27.9 Å². The number of carbonyl (C=O) groups is 2. The van der Waals surface area contributed by atoms with Crippen molar-refractivity contribution in [2.75, 3.05) is 5.73 Å². The maximum Gasteiger partial charge on any atom is 0.269 e. The number of fused-ring (bicyclic) bond motifs is 2. The molecule has 0 spiro atoms. The molecule has 1 atom stereocenters. The summed E-state index contributed by atoms with van der Waals surface area (Å²) >= 11 is 6.10. The first-order valence-electron chi connectivity index (χ1n) is 10.7. The number of benzene rings is 1. The van der Waals surface area contributed by atoms with E-state index >= 15 is 0 Å². The highest BCUT2D eigenvalue weighted by atomic mass is 35.5. The fourth-order valence-corrected chi connectivity index (χ4v) is 4.30. The molecule has 2 aromatic heterocycles. The maximum atomic E-state index is 13.1. The molecule has 1 unspecified atom stereocenters. The van der Waals surface area contributed by atoms with E-state index in [9.17, 15) is 9.59 Å². The number of aryl methyl sites for hydroxylation is 1. The number of aromatic nitrogens is 2. The summed E-state index contributed by atoms with van der Waals surface area (Å²) in [6.07, 6.45) is 6.58. The van der Waals surface area contributed by atoms with Gasteiger partial charge in [0.15, 0.2) is 0 Å². The van der Waals surface area contributed by atoms with Crippen molar-refractivity contribution in [1.29, 1.82) is 0 Å². The summed E-state index contributed by atoms with van der Waals surface area (Å²) in [6.45, 7) is 2.64. The maximum absolute atomic E-state index is 13.1. The predicted molar refractivity (Wildman–Crippen MR) is 131 cm³/mol. The number of hydrogen-bond donors (Lipinski definition) is 2. The Morgan fingerprint density at radius 2 is 2.09 bits per heavy atom. The minimum absolute atomic E-state index is 0.287. The zero-order chi connectivity index (χ0) is 23.8. The standard InChI is InChI=1S/C25H21ClN6O2/c1-14-16(3-6-22(27)30-14)10-29-25(34)19-13-32(21-5-7-23(33)31-24(19)21)12-15-2-4-20-17(8-15)9-18(26)11-28-20/h2-9,11,13,21H,10,12H2,1H3,(H2,27,30)(H,29,34). The monoisotopic (exact) mass is 472 g/mol. The number of halogens is 1. The van der Waals surface area contributed by atoms with Crippen molar-refractivity contribution < 1.29 is 9.59 Å². The van der Waals surface area contributed by atoms with Crippen molar-refractivity contribution in [1.82, 2.24) is 20.2 Å². The SMILES string of the molecule is Cc1nc(N)ccc1CNC(=O)C1=CN(Cc2ccc3ncc(Cl)cc3c2)C2C=CC(=O)N=C12. The van der Waals surface area contributed by atoms with Crippen molar-refractivity contribution in [3.05, 3.63) is 88.4 Å². The summed E-state index contributed by atoms with van der Waals surface area (Å²) in [5, 5.41) is 4.41. The second-order valence-corrected chi connectivity index (χ2v) is 8.63. The van der Waals surface area contributed by atoms with Gasteiger partial charge in [0.1, 0.15) is 5.82 Å². The van der Waals surface area contributed by atoms with Crippen LogP contribution >= 0.6 is 11.6 Å².